The van der Waals surface area contributed by atoms with E-state index in [-0.39, 0.29) is 11.9 Å². The first-order valence-electron chi connectivity index (χ1n) is 7.09. The Morgan fingerprint density at radius 1 is 1.06 bits per heavy atom. The molecule has 0 rings (SSSR count). The van der Waals surface area contributed by atoms with Crippen molar-refractivity contribution in [1.82, 2.24) is 0 Å². The van der Waals surface area contributed by atoms with Crippen molar-refractivity contribution in [2.24, 2.45) is 17.8 Å². The van der Waals surface area contributed by atoms with E-state index in [1.807, 2.05) is 6.92 Å². The van der Waals surface area contributed by atoms with Crippen molar-refractivity contribution >= 4 is 5.97 Å². The van der Waals surface area contributed by atoms with Gasteiger partial charge in [-0.1, -0.05) is 53.4 Å². The average molecular weight is 242 g/mol. The molecule has 0 aliphatic heterocycles. The van der Waals surface area contributed by atoms with Crippen LogP contribution in [-0.2, 0) is 9.53 Å². The number of rotatable bonds is 9. The molecule has 0 heterocycles. The zero-order chi connectivity index (χ0) is 13.3. The lowest BCUT2D eigenvalue weighted by Gasteiger charge is -2.17. The van der Waals surface area contributed by atoms with Crippen LogP contribution in [0, 0.1) is 17.8 Å². The van der Waals surface area contributed by atoms with Crippen molar-refractivity contribution in [2.45, 2.75) is 66.2 Å². The van der Waals surface area contributed by atoms with Crippen LogP contribution in [0.1, 0.15) is 66.2 Å². The van der Waals surface area contributed by atoms with E-state index in [2.05, 4.69) is 20.8 Å². The summed E-state index contributed by atoms with van der Waals surface area (Å²) in [5.41, 5.74) is 0. The third-order valence-electron chi connectivity index (χ3n) is 3.52. The SMILES string of the molecule is CCCC(C)CC(C)CCCC(C)C(=O)OC. The van der Waals surface area contributed by atoms with Crippen LogP contribution in [0.4, 0.5) is 0 Å². The first-order chi connectivity index (χ1) is 8.01. The van der Waals surface area contributed by atoms with E-state index in [1.165, 1.54) is 32.8 Å². The standard InChI is InChI=1S/C15H30O2/c1-6-8-12(2)11-13(3)9-7-10-14(4)15(16)17-5/h12-14H,6-11H2,1-5H3. The Hall–Kier alpha value is -0.530. The van der Waals surface area contributed by atoms with Crippen molar-refractivity contribution in [1.29, 1.82) is 0 Å². The molecule has 0 fully saturated rings. The topological polar surface area (TPSA) is 26.3 Å². The van der Waals surface area contributed by atoms with E-state index < -0.39 is 0 Å². The lowest BCUT2D eigenvalue weighted by molar-refractivity contribution is -0.145. The second-order valence-electron chi connectivity index (χ2n) is 5.59. The first kappa shape index (κ1) is 16.5. The van der Waals surface area contributed by atoms with Gasteiger partial charge in [0.2, 0.25) is 0 Å². The molecule has 0 aliphatic rings. The average Bonchev–Trinajstić information content (AvgIpc) is 2.27. The van der Waals surface area contributed by atoms with Gasteiger partial charge in [0.1, 0.15) is 0 Å². The van der Waals surface area contributed by atoms with Crippen molar-refractivity contribution in [2.75, 3.05) is 7.11 Å². The quantitative estimate of drug-likeness (QED) is 0.559. The Morgan fingerprint density at radius 2 is 1.65 bits per heavy atom. The second-order valence-corrected chi connectivity index (χ2v) is 5.59. The molecule has 0 spiro atoms. The first-order valence-corrected chi connectivity index (χ1v) is 7.09. The number of hydrogen-bond donors (Lipinski definition) is 0. The van der Waals surface area contributed by atoms with Crippen molar-refractivity contribution in [3.63, 3.8) is 0 Å². The van der Waals surface area contributed by atoms with E-state index in [9.17, 15) is 4.79 Å². The summed E-state index contributed by atoms with van der Waals surface area (Å²) in [4.78, 5) is 11.2. The molecular weight excluding hydrogens is 212 g/mol. The van der Waals surface area contributed by atoms with Crippen molar-refractivity contribution < 1.29 is 9.53 Å². The predicted molar refractivity (Wildman–Crippen MR) is 72.9 cm³/mol. The molecule has 0 bridgehead atoms. The Morgan fingerprint density at radius 3 is 2.18 bits per heavy atom. The zero-order valence-electron chi connectivity index (χ0n) is 12.3. The van der Waals surface area contributed by atoms with E-state index in [0.717, 1.165) is 24.7 Å². The van der Waals surface area contributed by atoms with E-state index in [1.54, 1.807) is 0 Å². The third-order valence-corrected chi connectivity index (χ3v) is 3.52. The Labute approximate surface area is 107 Å². The molecule has 0 N–H and O–H groups in total. The van der Waals surface area contributed by atoms with Crippen molar-refractivity contribution in [3.8, 4) is 0 Å². The van der Waals surface area contributed by atoms with Crippen LogP contribution in [0.3, 0.4) is 0 Å². The van der Waals surface area contributed by atoms with Gasteiger partial charge in [-0.05, 0) is 24.7 Å². The van der Waals surface area contributed by atoms with Crippen LogP contribution in [0.15, 0.2) is 0 Å². The number of ether oxygens (including phenoxy) is 1. The van der Waals surface area contributed by atoms with Crippen LogP contribution in [-0.4, -0.2) is 13.1 Å². The summed E-state index contributed by atoms with van der Waals surface area (Å²) in [5.74, 6) is 1.60. The Bertz CT molecular complexity index is 201. The zero-order valence-corrected chi connectivity index (χ0v) is 12.3. The molecule has 0 saturated carbocycles. The minimum Gasteiger partial charge on any atom is -0.469 e. The highest BCUT2D eigenvalue weighted by molar-refractivity contribution is 5.71. The molecule has 0 saturated heterocycles. The monoisotopic (exact) mass is 242 g/mol. The van der Waals surface area contributed by atoms with Gasteiger partial charge in [0.15, 0.2) is 0 Å². The van der Waals surface area contributed by atoms with Crippen molar-refractivity contribution in [3.05, 3.63) is 0 Å². The highest BCUT2D eigenvalue weighted by Gasteiger charge is 2.14. The maximum atomic E-state index is 11.2. The molecule has 2 nitrogen and oxygen atoms in total. The minimum absolute atomic E-state index is 0.0558. The molecule has 0 aromatic heterocycles. The molecule has 3 unspecified atom stereocenters. The number of hydrogen-bond acceptors (Lipinski definition) is 2. The summed E-state index contributed by atoms with van der Waals surface area (Å²) < 4.78 is 4.73. The van der Waals surface area contributed by atoms with Gasteiger partial charge in [-0.3, -0.25) is 4.79 Å². The van der Waals surface area contributed by atoms with Gasteiger partial charge in [-0.25, -0.2) is 0 Å². The lowest BCUT2D eigenvalue weighted by Crippen LogP contribution is -2.13. The molecular formula is C15H30O2. The van der Waals surface area contributed by atoms with Gasteiger partial charge in [-0.2, -0.15) is 0 Å². The molecule has 3 atom stereocenters. The fourth-order valence-corrected chi connectivity index (χ4v) is 2.51. The fourth-order valence-electron chi connectivity index (χ4n) is 2.51. The summed E-state index contributed by atoms with van der Waals surface area (Å²) in [6, 6.07) is 0. The molecule has 102 valence electrons. The van der Waals surface area contributed by atoms with E-state index >= 15 is 0 Å². The van der Waals surface area contributed by atoms with Crippen LogP contribution >= 0.6 is 0 Å². The number of carbonyl (C=O) groups excluding carboxylic acids is 1. The highest BCUT2D eigenvalue weighted by Crippen LogP contribution is 2.22. The van der Waals surface area contributed by atoms with Crippen LogP contribution in [0.25, 0.3) is 0 Å². The second kappa shape index (κ2) is 9.49. The van der Waals surface area contributed by atoms with E-state index in [4.69, 9.17) is 4.74 Å². The van der Waals surface area contributed by atoms with E-state index in [0.29, 0.717) is 0 Å². The minimum atomic E-state index is -0.0722. The molecule has 2 heteroatoms. The number of carbonyl (C=O) groups is 1. The highest BCUT2D eigenvalue weighted by atomic mass is 16.5. The molecule has 0 radical (unpaired) electrons. The summed E-state index contributed by atoms with van der Waals surface area (Å²) in [7, 11) is 1.47. The fraction of sp³-hybridized carbons (Fsp3) is 0.933. The summed E-state index contributed by atoms with van der Waals surface area (Å²) in [5, 5.41) is 0. The number of esters is 1. The van der Waals surface area contributed by atoms with Crippen LogP contribution < -0.4 is 0 Å². The van der Waals surface area contributed by atoms with Gasteiger partial charge >= 0.3 is 5.97 Å². The summed E-state index contributed by atoms with van der Waals surface area (Å²) in [6.07, 6.45) is 7.27. The summed E-state index contributed by atoms with van der Waals surface area (Å²) >= 11 is 0. The van der Waals surface area contributed by atoms with Gasteiger partial charge in [0.25, 0.3) is 0 Å². The normalized spacial score (nSPS) is 16.3. The van der Waals surface area contributed by atoms with Gasteiger partial charge in [-0.15, -0.1) is 0 Å². The number of methoxy groups -OCH3 is 1. The maximum Gasteiger partial charge on any atom is 0.308 e. The molecule has 0 aromatic carbocycles. The molecule has 0 aromatic rings. The van der Waals surface area contributed by atoms with Crippen LogP contribution in [0.2, 0.25) is 0 Å². The van der Waals surface area contributed by atoms with Gasteiger partial charge in [0, 0.05) is 0 Å². The Kier molecular flexibility index (Phi) is 9.20. The largest absolute Gasteiger partial charge is 0.469 e. The predicted octanol–water partition coefficient (Wildman–Crippen LogP) is 4.43. The maximum absolute atomic E-state index is 11.2. The molecule has 0 aliphatic carbocycles. The molecule has 0 amide bonds. The van der Waals surface area contributed by atoms with Crippen LogP contribution in [0.5, 0.6) is 0 Å². The third kappa shape index (κ3) is 8.23. The lowest BCUT2D eigenvalue weighted by atomic mass is 9.89. The Balaban J connectivity index is 3.63. The van der Waals surface area contributed by atoms with Gasteiger partial charge < -0.3 is 4.74 Å². The smallest absolute Gasteiger partial charge is 0.308 e. The summed E-state index contributed by atoms with van der Waals surface area (Å²) in [6.45, 7) is 8.88. The molecule has 17 heavy (non-hydrogen) atoms. The van der Waals surface area contributed by atoms with Gasteiger partial charge in [0.05, 0.1) is 13.0 Å².